The van der Waals surface area contributed by atoms with E-state index >= 15 is 0 Å². The van der Waals surface area contributed by atoms with Gasteiger partial charge in [-0.1, -0.05) is 39.0 Å². The molecule has 2 nitrogen and oxygen atoms in total. The molecular weight excluding hydrogens is 246 g/mol. The second-order valence-corrected chi connectivity index (χ2v) is 6.65. The molecule has 0 amide bonds. The summed E-state index contributed by atoms with van der Waals surface area (Å²) in [5.74, 6) is 1.68. The number of hydrogen-bond donors (Lipinski definition) is 1. The van der Waals surface area contributed by atoms with E-state index in [0.717, 1.165) is 31.6 Å². The molecule has 2 atom stereocenters. The summed E-state index contributed by atoms with van der Waals surface area (Å²) in [6, 6.07) is 7.05. The largest absolute Gasteiger partial charge is 0.487 e. The molecule has 0 saturated carbocycles. The van der Waals surface area contributed by atoms with E-state index in [2.05, 4.69) is 58.1 Å². The van der Waals surface area contributed by atoms with Crippen molar-refractivity contribution in [2.75, 3.05) is 6.54 Å². The van der Waals surface area contributed by atoms with E-state index in [1.807, 2.05) is 0 Å². The third-order valence-corrected chi connectivity index (χ3v) is 4.31. The minimum Gasteiger partial charge on any atom is -0.487 e. The summed E-state index contributed by atoms with van der Waals surface area (Å²) < 4.78 is 6.34. The standard InChI is InChI=1S/C18H29NO/c1-6-11-19-16-12-18(4,5)20-17-14(13(3)7-2)9-8-10-15(16)17/h8-10,13,16,19H,6-7,11-12H2,1-5H3. The van der Waals surface area contributed by atoms with Gasteiger partial charge in [0.05, 0.1) is 0 Å². The van der Waals surface area contributed by atoms with E-state index in [1.54, 1.807) is 0 Å². The summed E-state index contributed by atoms with van der Waals surface area (Å²) in [6.07, 6.45) is 3.34. The zero-order chi connectivity index (χ0) is 14.8. The van der Waals surface area contributed by atoms with E-state index < -0.39 is 0 Å². The number of hydrogen-bond acceptors (Lipinski definition) is 2. The maximum Gasteiger partial charge on any atom is 0.128 e. The number of fused-ring (bicyclic) bond motifs is 1. The van der Waals surface area contributed by atoms with Crippen LogP contribution in [0.25, 0.3) is 0 Å². The molecule has 1 N–H and O–H groups in total. The van der Waals surface area contributed by atoms with E-state index in [4.69, 9.17) is 4.74 Å². The zero-order valence-corrected chi connectivity index (χ0v) is 13.6. The maximum atomic E-state index is 6.34. The van der Waals surface area contributed by atoms with Crippen LogP contribution in [0.3, 0.4) is 0 Å². The SMILES string of the molecule is CCCNC1CC(C)(C)Oc2c(C(C)CC)cccc21. The molecule has 0 aliphatic carbocycles. The minimum absolute atomic E-state index is 0.0953. The summed E-state index contributed by atoms with van der Waals surface area (Å²) in [6.45, 7) is 12.2. The predicted octanol–water partition coefficient (Wildman–Crippen LogP) is 4.80. The lowest BCUT2D eigenvalue weighted by Gasteiger charge is -2.39. The Hall–Kier alpha value is -1.02. The molecule has 1 aromatic rings. The van der Waals surface area contributed by atoms with Crippen molar-refractivity contribution >= 4 is 0 Å². The van der Waals surface area contributed by atoms with Crippen LogP contribution in [0.5, 0.6) is 5.75 Å². The van der Waals surface area contributed by atoms with Crippen LogP contribution in [0.4, 0.5) is 0 Å². The molecule has 2 unspecified atom stereocenters. The summed E-state index contributed by atoms with van der Waals surface area (Å²) in [4.78, 5) is 0. The predicted molar refractivity (Wildman–Crippen MR) is 85.5 cm³/mol. The first kappa shape index (κ1) is 15.4. The highest BCUT2D eigenvalue weighted by Crippen LogP contribution is 2.44. The fraction of sp³-hybridized carbons (Fsp3) is 0.667. The van der Waals surface area contributed by atoms with Crippen LogP contribution in [0.1, 0.15) is 77.0 Å². The van der Waals surface area contributed by atoms with Crippen molar-refractivity contribution in [2.45, 2.75) is 71.4 Å². The van der Waals surface area contributed by atoms with Gasteiger partial charge in [0.25, 0.3) is 0 Å². The Morgan fingerprint density at radius 1 is 1.35 bits per heavy atom. The summed E-state index contributed by atoms with van der Waals surface area (Å²) in [7, 11) is 0. The Bertz CT molecular complexity index is 453. The van der Waals surface area contributed by atoms with Gasteiger partial charge in [-0.25, -0.2) is 0 Å². The van der Waals surface area contributed by atoms with Crippen LogP contribution < -0.4 is 10.1 Å². The molecule has 1 aliphatic heterocycles. The summed E-state index contributed by atoms with van der Waals surface area (Å²) in [5, 5.41) is 3.69. The van der Waals surface area contributed by atoms with Crippen LogP contribution in [0.2, 0.25) is 0 Å². The van der Waals surface area contributed by atoms with Crippen molar-refractivity contribution in [2.24, 2.45) is 0 Å². The van der Waals surface area contributed by atoms with Crippen molar-refractivity contribution in [1.29, 1.82) is 0 Å². The highest BCUT2D eigenvalue weighted by atomic mass is 16.5. The van der Waals surface area contributed by atoms with Crippen molar-refractivity contribution in [1.82, 2.24) is 5.32 Å². The Balaban J connectivity index is 2.40. The van der Waals surface area contributed by atoms with Crippen molar-refractivity contribution in [3.05, 3.63) is 29.3 Å². The van der Waals surface area contributed by atoms with Gasteiger partial charge in [-0.15, -0.1) is 0 Å². The van der Waals surface area contributed by atoms with Gasteiger partial charge in [-0.05, 0) is 44.7 Å². The number of para-hydroxylation sites is 1. The van der Waals surface area contributed by atoms with Gasteiger partial charge in [0.15, 0.2) is 0 Å². The second kappa shape index (κ2) is 6.17. The maximum absolute atomic E-state index is 6.34. The second-order valence-electron chi connectivity index (χ2n) is 6.65. The molecule has 0 fully saturated rings. The van der Waals surface area contributed by atoms with Gasteiger partial charge in [0, 0.05) is 18.0 Å². The van der Waals surface area contributed by atoms with E-state index in [9.17, 15) is 0 Å². The number of ether oxygens (including phenoxy) is 1. The van der Waals surface area contributed by atoms with Gasteiger partial charge < -0.3 is 10.1 Å². The first-order valence-electron chi connectivity index (χ1n) is 8.03. The average Bonchev–Trinajstić information content (AvgIpc) is 2.42. The third kappa shape index (κ3) is 3.17. The molecule has 0 spiro atoms. The van der Waals surface area contributed by atoms with Crippen molar-refractivity contribution in [3.8, 4) is 5.75 Å². The Labute approximate surface area is 123 Å². The highest BCUT2D eigenvalue weighted by Gasteiger charge is 2.35. The van der Waals surface area contributed by atoms with E-state index in [-0.39, 0.29) is 5.60 Å². The van der Waals surface area contributed by atoms with Crippen LogP contribution in [0.15, 0.2) is 18.2 Å². The van der Waals surface area contributed by atoms with Crippen molar-refractivity contribution < 1.29 is 4.74 Å². The Morgan fingerprint density at radius 2 is 2.10 bits per heavy atom. The molecule has 0 saturated heterocycles. The zero-order valence-electron chi connectivity index (χ0n) is 13.6. The van der Waals surface area contributed by atoms with Crippen molar-refractivity contribution in [3.63, 3.8) is 0 Å². The van der Waals surface area contributed by atoms with Crippen LogP contribution in [0, 0.1) is 0 Å². The molecule has 20 heavy (non-hydrogen) atoms. The molecule has 112 valence electrons. The van der Waals surface area contributed by atoms with Gasteiger partial charge in [0.1, 0.15) is 11.4 Å². The molecule has 0 bridgehead atoms. The normalized spacial score (nSPS) is 21.9. The molecular formula is C18H29NO. The molecule has 2 heteroatoms. The molecule has 0 radical (unpaired) electrons. The highest BCUT2D eigenvalue weighted by molar-refractivity contribution is 5.47. The Morgan fingerprint density at radius 3 is 2.75 bits per heavy atom. The topological polar surface area (TPSA) is 21.3 Å². The summed E-state index contributed by atoms with van der Waals surface area (Å²) >= 11 is 0. The third-order valence-electron chi connectivity index (χ3n) is 4.31. The first-order valence-corrected chi connectivity index (χ1v) is 8.03. The average molecular weight is 275 g/mol. The molecule has 1 aliphatic rings. The quantitative estimate of drug-likeness (QED) is 0.833. The van der Waals surface area contributed by atoms with Gasteiger partial charge in [-0.3, -0.25) is 0 Å². The lowest BCUT2D eigenvalue weighted by molar-refractivity contribution is 0.0644. The lowest BCUT2D eigenvalue weighted by atomic mass is 9.85. The van der Waals surface area contributed by atoms with Gasteiger partial charge >= 0.3 is 0 Å². The number of rotatable bonds is 5. The number of benzene rings is 1. The lowest BCUT2D eigenvalue weighted by Crippen LogP contribution is -2.40. The summed E-state index contributed by atoms with van der Waals surface area (Å²) in [5.41, 5.74) is 2.61. The van der Waals surface area contributed by atoms with E-state index in [0.29, 0.717) is 12.0 Å². The fourth-order valence-corrected chi connectivity index (χ4v) is 2.99. The van der Waals surface area contributed by atoms with Gasteiger partial charge in [0.2, 0.25) is 0 Å². The molecule has 2 rings (SSSR count). The number of nitrogens with one attached hydrogen (secondary N) is 1. The molecule has 1 heterocycles. The van der Waals surface area contributed by atoms with Crippen LogP contribution in [-0.4, -0.2) is 12.1 Å². The smallest absolute Gasteiger partial charge is 0.128 e. The van der Waals surface area contributed by atoms with Crippen LogP contribution >= 0.6 is 0 Å². The fourth-order valence-electron chi connectivity index (χ4n) is 2.99. The Kier molecular flexibility index (Phi) is 4.74. The van der Waals surface area contributed by atoms with Gasteiger partial charge in [-0.2, -0.15) is 0 Å². The molecule has 0 aromatic heterocycles. The molecule has 1 aromatic carbocycles. The van der Waals surface area contributed by atoms with E-state index in [1.165, 1.54) is 11.1 Å². The minimum atomic E-state index is -0.0953. The monoisotopic (exact) mass is 275 g/mol. The van der Waals surface area contributed by atoms with Crippen LogP contribution in [-0.2, 0) is 0 Å². The first-order chi connectivity index (χ1) is 9.48.